The minimum atomic E-state index is -0.132. The molecule has 6 nitrogen and oxygen atoms in total. The average molecular weight is 439 g/mol. The zero-order valence-electron chi connectivity index (χ0n) is 17.5. The van der Waals surface area contributed by atoms with Gasteiger partial charge in [-0.1, -0.05) is 47.6 Å². The summed E-state index contributed by atoms with van der Waals surface area (Å²) in [5, 5.41) is 3.97. The first-order chi connectivity index (χ1) is 15.2. The SMILES string of the molecule is CSc1ccccc1OCc1cc(C(=O)N2CCC[C@H](OCc3ccccc3)C2)no1. The smallest absolute Gasteiger partial charge is 0.276 e. The van der Waals surface area contributed by atoms with Crippen molar-refractivity contribution in [3.63, 3.8) is 0 Å². The van der Waals surface area contributed by atoms with E-state index in [4.69, 9.17) is 14.0 Å². The van der Waals surface area contributed by atoms with E-state index in [-0.39, 0.29) is 18.6 Å². The number of ether oxygens (including phenoxy) is 2. The third-order valence-corrected chi connectivity index (χ3v) is 5.99. The molecule has 1 fully saturated rings. The lowest BCUT2D eigenvalue weighted by Crippen LogP contribution is -2.43. The summed E-state index contributed by atoms with van der Waals surface area (Å²) in [5.41, 5.74) is 1.44. The van der Waals surface area contributed by atoms with Crippen molar-refractivity contribution in [3.05, 3.63) is 77.7 Å². The number of thioether (sulfide) groups is 1. The summed E-state index contributed by atoms with van der Waals surface area (Å²) in [6, 6.07) is 19.6. The predicted octanol–water partition coefficient (Wildman–Crippen LogP) is 4.80. The van der Waals surface area contributed by atoms with Crippen LogP contribution in [-0.4, -0.2) is 41.4 Å². The van der Waals surface area contributed by atoms with Gasteiger partial charge in [-0.15, -0.1) is 11.8 Å². The number of para-hydroxylation sites is 1. The van der Waals surface area contributed by atoms with Gasteiger partial charge in [0.2, 0.25) is 0 Å². The highest BCUT2D eigenvalue weighted by Crippen LogP contribution is 2.27. The molecule has 1 atom stereocenters. The van der Waals surface area contributed by atoms with Crippen LogP contribution in [-0.2, 0) is 18.0 Å². The second-order valence-corrected chi connectivity index (χ2v) is 8.28. The van der Waals surface area contributed by atoms with Crippen LogP contribution in [0.3, 0.4) is 0 Å². The van der Waals surface area contributed by atoms with E-state index in [2.05, 4.69) is 5.16 Å². The van der Waals surface area contributed by atoms with Crippen LogP contribution in [0.5, 0.6) is 5.75 Å². The summed E-state index contributed by atoms with van der Waals surface area (Å²) in [5.74, 6) is 1.18. The van der Waals surface area contributed by atoms with Crippen molar-refractivity contribution in [1.82, 2.24) is 10.1 Å². The van der Waals surface area contributed by atoms with Crippen LogP contribution in [0.1, 0.15) is 34.7 Å². The fourth-order valence-corrected chi connectivity index (χ4v) is 4.12. The normalized spacial score (nSPS) is 16.3. The van der Waals surface area contributed by atoms with Crippen molar-refractivity contribution < 1.29 is 18.8 Å². The minimum Gasteiger partial charge on any atom is -0.484 e. The molecule has 0 saturated carbocycles. The molecule has 1 aliphatic rings. The van der Waals surface area contributed by atoms with Gasteiger partial charge in [0.1, 0.15) is 12.4 Å². The van der Waals surface area contributed by atoms with E-state index in [0.717, 1.165) is 29.1 Å². The Hall–Kier alpha value is -2.77. The Morgan fingerprint density at radius 2 is 1.97 bits per heavy atom. The molecule has 162 valence electrons. The second-order valence-electron chi connectivity index (χ2n) is 7.43. The number of carbonyl (C=O) groups is 1. The van der Waals surface area contributed by atoms with Gasteiger partial charge in [0, 0.05) is 24.1 Å². The Morgan fingerprint density at radius 1 is 1.16 bits per heavy atom. The van der Waals surface area contributed by atoms with Crippen LogP contribution in [0.4, 0.5) is 0 Å². The van der Waals surface area contributed by atoms with E-state index in [0.29, 0.717) is 31.2 Å². The standard InChI is InChI=1S/C24H26N2O4S/c1-31-23-12-6-5-11-22(23)29-17-20-14-21(25-30-20)24(27)26-13-7-10-19(15-26)28-16-18-8-3-2-4-9-18/h2-6,8-9,11-12,14,19H,7,10,13,15-17H2,1H3/t19-/m0/s1. The van der Waals surface area contributed by atoms with E-state index in [1.807, 2.05) is 60.9 Å². The summed E-state index contributed by atoms with van der Waals surface area (Å²) in [6.07, 6.45) is 3.88. The lowest BCUT2D eigenvalue weighted by atomic mass is 10.1. The van der Waals surface area contributed by atoms with Crippen LogP contribution >= 0.6 is 11.8 Å². The molecule has 0 radical (unpaired) electrons. The Balaban J connectivity index is 1.31. The van der Waals surface area contributed by atoms with Gasteiger partial charge in [-0.3, -0.25) is 4.79 Å². The Bertz CT molecular complexity index is 992. The third kappa shape index (κ3) is 5.68. The number of benzene rings is 2. The number of amides is 1. The van der Waals surface area contributed by atoms with Crippen molar-refractivity contribution in [1.29, 1.82) is 0 Å². The molecule has 0 bridgehead atoms. The lowest BCUT2D eigenvalue weighted by molar-refractivity contribution is -0.00699. The van der Waals surface area contributed by atoms with Gasteiger partial charge in [-0.05, 0) is 36.8 Å². The van der Waals surface area contributed by atoms with Crippen LogP contribution in [0.25, 0.3) is 0 Å². The summed E-state index contributed by atoms with van der Waals surface area (Å²) in [6.45, 7) is 2.03. The zero-order chi connectivity index (χ0) is 21.5. The van der Waals surface area contributed by atoms with Gasteiger partial charge in [0.05, 0.1) is 12.7 Å². The quantitative estimate of drug-likeness (QED) is 0.471. The first-order valence-corrected chi connectivity index (χ1v) is 11.6. The number of likely N-dealkylation sites (tertiary alicyclic amines) is 1. The molecular weight excluding hydrogens is 412 g/mol. The maximum Gasteiger partial charge on any atom is 0.276 e. The lowest BCUT2D eigenvalue weighted by Gasteiger charge is -2.32. The van der Waals surface area contributed by atoms with Crippen LogP contribution in [0.15, 0.2) is 70.1 Å². The highest BCUT2D eigenvalue weighted by Gasteiger charge is 2.27. The van der Waals surface area contributed by atoms with Gasteiger partial charge in [-0.2, -0.15) is 0 Å². The fourth-order valence-electron chi connectivity index (χ4n) is 3.58. The molecule has 4 rings (SSSR count). The highest BCUT2D eigenvalue weighted by atomic mass is 32.2. The van der Waals surface area contributed by atoms with Gasteiger partial charge in [-0.25, -0.2) is 0 Å². The van der Waals surface area contributed by atoms with E-state index < -0.39 is 0 Å². The Morgan fingerprint density at radius 3 is 2.81 bits per heavy atom. The molecule has 7 heteroatoms. The molecule has 1 aliphatic heterocycles. The number of rotatable bonds is 8. The van der Waals surface area contributed by atoms with E-state index in [9.17, 15) is 4.79 Å². The van der Waals surface area contributed by atoms with E-state index in [1.54, 1.807) is 22.7 Å². The summed E-state index contributed by atoms with van der Waals surface area (Å²) >= 11 is 1.62. The van der Waals surface area contributed by atoms with Gasteiger partial charge >= 0.3 is 0 Å². The first-order valence-electron chi connectivity index (χ1n) is 10.4. The molecule has 0 N–H and O–H groups in total. The second kappa shape index (κ2) is 10.5. The van der Waals surface area contributed by atoms with Crippen molar-refractivity contribution in [2.75, 3.05) is 19.3 Å². The Labute approximate surface area is 186 Å². The van der Waals surface area contributed by atoms with Crippen LogP contribution in [0, 0.1) is 0 Å². The summed E-state index contributed by atoms with van der Waals surface area (Å²) in [4.78, 5) is 15.8. The van der Waals surface area contributed by atoms with E-state index in [1.165, 1.54) is 0 Å². The number of aromatic nitrogens is 1. The molecule has 1 saturated heterocycles. The van der Waals surface area contributed by atoms with Crippen molar-refractivity contribution in [2.45, 2.75) is 37.1 Å². The first kappa shape index (κ1) is 21.5. The molecule has 3 aromatic rings. The predicted molar refractivity (Wildman–Crippen MR) is 119 cm³/mol. The summed E-state index contributed by atoms with van der Waals surface area (Å²) in [7, 11) is 0. The molecule has 0 aliphatic carbocycles. The van der Waals surface area contributed by atoms with Crippen molar-refractivity contribution >= 4 is 17.7 Å². The molecular formula is C24H26N2O4S. The number of nitrogens with zero attached hydrogens (tertiary/aromatic N) is 2. The molecule has 1 aromatic heterocycles. The third-order valence-electron chi connectivity index (χ3n) is 5.21. The molecule has 0 spiro atoms. The molecule has 2 aromatic carbocycles. The maximum absolute atomic E-state index is 12.9. The maximum atomic E-state index is 12.9. The number of hydrogen-bond acceptors (Lipinski definition) is 6. The zero-order valence-corrected chi connectivity index (χ0v) is 18.3. The monoisotopic (exact) mass is 438 g/mol. The van der Waals surface area contributed by atoms with Crippen LogP contribution < -0.4 is 4.74 Å². The number of piperidine rings is 1. The van der Waals surface area contributed by atoms with Gasteiger partial charge < -0.3 is 18.9 Å². The molecule has 1 amide bonds. The minimum absolute atomic E-state index is 0.0238. The largest absolute Gasteiger partial charge is 0.484 e. The topological polar surface area (TPSA) is 64.8 Å². The molecule has 2 heterocycles. The van der Waals surface area contributed by atoms with Crippen LogP contribution in [0.2, 0.25) is 0 Å². The molecule has 31 heavy (non-hydrogen) atoms. The Kier molecular flexibility index (Phi) is 7.27. The highest BCUT2D eigenvalue weighted by molar-refractivity contribution is 7.98. The van der Waals surface area contributed by atoms with E-state index >= 15 is 0 Å². The van der Waals surface area contributed by atoms with Gasteiger partial charge in [0.25, 0.3) is 5.91 Å². The summed E-state index contributed by atoms with van der Waals surface area (Å²) < 4.78 is 17.2. The average Bonchev–Trinajstić information content (AvgIpc) is 3.31. The van der Waals surface area contributed by atoms with Crippen molar-refractivity contribution in [2.24, 2.45) is 0 Å². The fraction of sp³-hybridized carbons (Fsp3) is 0.333. The molecule has 0 unspecified atom stereocenters. The van der Waals surface area contributed by atoms with Crippen molar-refractivity contribution in [3.8, 4) is 5.75 Å². The number of hydrogen-bond donors (Lipinski definition) is 0. The number of carbonyl (C=O) groups excluding carboxylic acids is 1. The van der Waals surface area contributed by atoms with Gasteiger partial charge in [0.15, 0.2) is 11.5 Å².